The zero-order chi connectivity index (χ0) is 11.5. The molecule has 0 aromatic rings. The van der Waals surface area contributed by atoms with Crippen molar-refractivity contribution in [3.8, 4) is 0 Å². The molecule has 4 heteroatoms. The van der Waals surface area contributed by atoms with Crippen LogP contribution in [0.25, 0.3) is 0 Å². The van der Waals surface area contributed by atoms with Crippen LogP contribution in [0.5, 0.6) is 0 Å². The van der Waals surface area contributed by atoms with Gasteiger partial charge in [0.2, 0.25) is 5.91 Å². The summed E-state index contributed by atoms with van der Waals surface area (Å²) in [6.07, 6.45) is 3.33. The third-order valence-electron chi connectivity index (χ3n) is 3.96. The lowest BCUT2D eigenvalue weighted by Gasteiger charge is -2.35. The van der Waals surface area contributed by atoms with E-state index in [1.54, 1.807) is 0 Å². The van der Waals surface area contributed by atoms with E-state index in [-0.39, 0.29) is 6.04 Å². The maximum absolute atomic E-state index is 12.3. The molecule has 2 heterocycles. The Morgan fingerprint density at radius 1 is 1.25 bits per heavy atom. The fraction of sp³-hybridized carbons (Fsp3) is 0.917. The Hall–Kier alpha value is -0.610. The third-order valence-corrected chi connectivity index (χ3v) is 3.96. The SMILES string of the molecule is CC1C(=O)N(C2CCNCC2)CCCN1C. The number of hydrogen-bond acceptors (Lipinski definition) is 3. The molecule has 92 valence electrons. The fourth-order valence-electron chi connectivity index (χ4n) is 2.70. The Kier molecular flexibility index (Phi) is 3.82. The third kappa shape index (κ3) is 2.38. The first-order chi connectivity index (χ1) is 7.70. The van der Waals surface area contributed by atoms with Crippen LogP contribution >= 0.6 is 0 Å². The van der Waals surface area contributed by atoms with Crippen molar-refractivity contribution in [2.45, 2.75) is 38.3 Å². The molecule has 1 N–H and O–H groups in total. The number of nitrogens with one attached hydrogen (secondary N) is 1. The predicted molar refractivity (Wildman–Crippen MR) is 64.3 cm³/mol. The first-order valence-corrected chi connectivity index (χ1v) is 6.41. The van der Waals surface area contributed by atoms with E-state index in [0.717, 1.165) is 45.4 Å². The fourth-order valence-corrected chi connectivity index (χ4v) is 2.70. The van der Waals surface area contributed by atoms with E-state index in [1.807, 2.05) is 6.92 Å². The molecule has 0 aliphatic carbocycles. The van der Waals surface area contributed by atoms with Gasteiger partial charge in [-0.25, -0.2) is 0 Å². The largest absolute Gasteiger partial charge is 0.338 e. The summed E-state index contributed by atoms with van der Waals surface area (Å²) >= 11 is 0. The standard InChI is InChI=1S/C12H23N3O/c1-10-12(16)15(9-3-8-14(10)2)11-4-6-13-7-5-11/h10-11,13H,3-9H2,1-2H3. The van der Waals surface area contributed by atoms with Crippen LogP contribution < -0.4 is 5.32 Å². The molecule has 1 atom stereocenters. The molecule has 0 bridgehead atoms. The minimum absolute atomic E-state index is 0.0531. The van der Waals surface area contributed by atoms with Gasteiger partial charge in [0.1, 0.15) is 0 Å². The number of likely N-dealkylation sites (N-methyl/N-ethyl adjacent to an activating group) is 1. The number of piperidine rings is 1. The second-order valence-electron chi connectivity index (χ2n) is 5.02. The summed E-state index contributed by atoms with van der Waals surface area (Å²) < 4.78 is 0. The molecular weight excluding hydrogens is 202 g/mol. The highest BCUT2D eigenvalue weighted by Gasteiger charge is 2.31. The Balaban J connectivity index is 2.04. The predicted octanol–water partition coefficient (Wildman–Crippen LogP) is 0.291. The minimum atomic E-state index is 0.0531. The van der Waals surface area contributed by atoms with Gasteiger partial charge in [-0.15, -0.1) is 0 Å². The molecule has 1 unspecified atom stereocenters. The zero-order valence-corrected chi connectivity index (χ0v) is 10.4. The summed E-state index contributed by atoms with van der Waals surface area (Å²) in [5, 5.41) is 3.36. The highest BCUT2D eigenvalue weighted by atomic mass is 16.2. The summed E-state index contributed by atoms with van der Waals surface area (Å²) in [4.78, 5) is 16.6. The number of carbonyl (C=O) groups is 1. The van der Waals surface area contributed by atoms with Crippen LogP contribution in [-0.2, 0) is 4.79 Å². The van der Waals surface area contributed by atoms with Gasteiger partial charge in [-0.05, 0) is 46.3 Å². The summed E-state index contributed by atoms with van der Waals surface area (Å²) in [7, 11) is 2.05. The van der Waals surface area contributed by atoms with Crippen molar-refractivity contribution in [3.63, 3.8) is 0 Å². The molecular formula is C12H23N3O. The Labute approximate surface area is 98.0 Å². The van der Waals surface area contributed by atoms with Gasteiger partial charge in [0.15, 0.2) is 0 Å². The zero-order valence-electron chi connectivity index (χ0n) is 10.4. The van der Waals surface area contributed by atoms with E-state index in [2.05, 4.69) is 22.2 Å². The molecule has 0 aromatic heterocycles. The Morgan fingerprint density at radius 2 is 1.94 bits per heavy atom. The van der Waals surface area contributed by atoms with Crippen LogP contribution in [0, 0.1) is 0 Å². The monoisotopic (exact) mass is 225 g/mol. The molecule has 0 saturated carbocycles. The highest BCUT2D eigenvalue weighted by Crippen LogP contribution is 2.17. The lowest BCUT2D eigenvalue weighted by molar-refractivity contribution is -0.137. The van der Waals surface area contributed by atoms with E-state index < -0.39 is 0 Å². The van der Waals surface area contributed by atoms with E-state index in [0.29, 0.717) is 11.9 Å². The Bertz CT molecular complexity index is 251. The van der Waals surface area contributed by atoms with Crippen molar-refractivity contribution >= 4 is 5.91 Å². The highest BCUT2D eigenvalue weighted by molar-refractivity contribution is 5.82. The van der Waals surface area contributed by atoms with E-state index >= 15 is 0 Å². The van der Waals surface area contributed by atoms with Gasteiger partial charge in [0, 0.05) is 19.1 Å². The van der Waals surface area contributed by atoms with Crippen LogP contribution in [0.1, 0.15) is 26.2 Å². The van der Waals surface area contributed by atoms with Crippen LogP contribution in [0.15, 0.2) is 0 Å². The van der Waals surface area contributed by atoms with Crippen LogP contribution in [0.4, 0.5) is 0 Å². The van der Waals surface area contributed by atoms with E-state index in [1.165, 1.54) is 0 Å². The lowest BCUT2D eigenvalue weighted by Crippen LogP contribution is -2.50. The molecule has 16 heavy (non-hydrogen) atoms. The van der Waals surface area contributed by atoms with Gasteiger partial charge in [0.05, 0.1) is 6.04 Å². The van der Waals surface area contributed by atoms with Gasteiger partial charge in [-0.2, -0.15) is 0 Å². The molecule has 2 rings (SSSR count). The number of nitrogens with zero attached hydrogens (tertiary/aromatic N) is 2. The van der Waals surface area contributed by atoms with Crippen molar-refractivity contribution < 1.29 is 4.79 Å². The number of amides is 1. The van der Waals surface area contributed by atoms with Crippen molar-refractivity contribution in [3.05, 3.63) is 0 Å². The van der Waals surface area contributed by atoms with Crippen LogP contribution in [0.2, 0.25) is 0 Å². The molecule has 2 saturated heterocycles. The van der Waals surface area contributed by atoms with Crippen molar-refractivity contribution in [2.24, 2.45) is 0 Å². The van der Waals surface area contributed by atoms with Crippen LogP contribution in [-0.4, -0.2) is 61.0 Å². The van der Waals surface area contributed by atoms with Gasteiger partial charge >= 0.3 is 0 Å². The molecule has 0 radical (unpaired) electrons. The van der Waals surface area contributed by atoms with Crippen molar-refractivity contribution in [1.82, 2.24) is 15.1 Å². The van der Waals surface area contributed by atoms with E-state index in [9.17, 15) is 4.79 Å². The molecule has 1 amide bonds. The molecule has 2 fully saturated rings. The smallest absolute Gasteiger partial charge is 0.239 e. The molecule has 2 aliphatic heterocycles. The first-order valence-electron chi connectivity index (χ1n) is 6.41. The van der Waals surface area contributed by atoms with Gasteiger partial charge < -0.3 is 10.2 Å². The number of hydrogen-bond donors (Lipinski definition) is 1. The lowest BCUT2D eigenvalue weighted by atomic mass is 10.0. The molecule has 2 aliphatic rings. The van der Waals surface area contributed by atoms with Crippen LogP contribution in [0.3, 0.4) is 0 Å². The summed E-state index contributed by atoms with van der Waals surface area (Å²) in [5.74, 6) is 0.326. The summed E-state index contributed by atoms with van der Waals surface area (Å²) in [6.45, 7) is 6.12. The average Bonchev–Trinajstić information content (AvgIpc) is 2.44. The maximum atomic E-state index is 12.3. The first kappa shape index (κ1) is 11.9. The second-order valence-corrected chi connectivity index (χ2v) is 5.02. The minimum Gasteiger partial charge on any atom is -0.338 e. The topological polar surface area (TPSA) is 35.6 Å². The van der Waals surface area contributed by atoms with E-state index in [4.69, 9.17) is 0 Å². The van der Waals surface area contributed by atoms with Gasteiger partial charge in [-0.3, -0.25) is 9.69 Å². The normalized spacial score (nSPS) is 30.5. The van der Waals surface area contributed by atoms with Crippen molar-refractivity contribution in [2.75, 3.05) is 33.2 Å². The van der Waals surface area contributed by atoms with Gasteiger partial charge in [0.25, 0.3) is 0 Å². The molecule has 0 aromatic carbocycles. The van der Waals surface area contributed by atoms with Gasteiger partial charge in [-0.1, -0.05) is 0 Å². The maximum Gasteiger partial charge on any atom is 0.239 e. The quantitative estimate of drug-likeness (QED) is 0.697. The molecule has 4 nitrogen and oxygen atoms in total. The number of carbonyl (C=O) groups excluding carboxylic acids is 1. The average molecular weight is 225 g/mol. The summed E-state index contributed by atoms with van der Waals surface area (Å²) in [5.41, 5.74) is 0. The number of rotatable bonds is 1. The van der Waals surface area contributed by atoms with Crippen molar-refractivity contribution in [1.29, 1.82) is 0 Å². The summed E-state index contributed by atoms with van der Waals surface area (Å²) in [6, 6.07) is 0.528. The Morgan fingerprint density at radius 3 is 2.62 bits per heavy atom. The second kappa shape index (κ2) is 5.15. The molecule has 0 spiro atoms.